The van der Waals surface area contributed by atoms with E-state index in [0.717, 1.165) is 29.7 Å². The topological polar surface area (TPSA) is 95.0 Å². The van der Waals surface area contributed by atoms with Gasteiger partial charge in [-0.1, -0.05) is 24.3 Å². The number of fused-ring (bicyclic) bond motifs is 1. The van der Waals surface area contributed by atoms with Crippen molar-refractivity contribution in [2.45, 2.75) is 25.4 Å². The smallest absolute Gasteiger partial charge is 0.247 e. The lowest BCUT2D eigenvalue weighted by Gasteiger charge is -2.40. The first kappa shape index (κ1) is 23.1. The molecule has 0 bridgehead atoms. The quantitative estimate of drug-likeness (QED) is 0.436. The minimum absolute atomic E-state index is 0.0142. The van der Waals surface area contributed by atoms with Crippen LogP contribution in [0.5, 0.6) is 5.75 Å². The van der Waals surface area contributed by atoms with Gasteiger partial charge in [-0.3, -0.25) is 19.8 Å². The summed E-state index contributed by atoms with van der Waals surface area (Å²) in [6.07, 6.45) is 3.08. The van der Waals surface area contributed by atoms with E-state index in [1.807, 2.05) is 53.4 Å². The number of ether oxygens (including phenoxy) is 1. The summed E-state index contributed by atoms with van der Waals surface area (Å²) < 4.78 is 6.19. The number of hydroxylamine groups is 1. The Morgan fingerprint density at radius 3 is 2.51 bits per heavy atom. The number of piperazine rings is 1. The van der Waals surface area contributed by atoms with Crippen molar-refractivity contribution in [2.24, 2.45) is 11.8 Å². The number of amides is 2. The van der Waals surface area contributed by atoms with Gasteiger partial charge in [0.25, 0.3) is 0 Å². The van der Waals surface area contributed by atoms with Crippen molar-refractivity contribution in [1.82, 2.24) is 15.4 Å². The highest BCUT2D eigenvalue weighted by molar-refractivity contribution is 5.87. The summed E-state index contributed by atoms with van der Waals surface area (Å²) in [5.41, 5.74) is 3.77. The highest BCUT2D eigenvalue weighted by Crippen LogP contribution is 2.35. The third kappa shape index (κ3) is 5.07. The van der Waals surface area contributed by atoms with Crippen molar-refractivity contribution in [3.05, 3.63) is 66.9 Å². The number of nitrogens with zero attached hydrogens (tertiary/aromatic N) is 3. The molecule has 1 aliphatic carbocycles. The van der Waals surface area contributed by atoms with Gasteiger partial charge in [0.1, 0.15) is 5.75 Å². The SMILES string of the molecule is O=C(NO)[C@H]1CC(Oc2ccc3cccnc3c2)CCC1C(=O)N1CCN(c2ccccc2)CC1. The Labute approximate surface area is 204 Å². The lowest BCUT2D eigenvalue weighted by Crippen LogP contribution is -2.53. The molecule has 1 aromatic heterocycles. The third-order valence-corrected chi connectivity index (χ3v) is 7.16. The molecular formula is C27H30N4O4. The molecule has 1 saturated heterocycles. The minimum Gasteiger partial charge on any atom is -0.490 e. The Balaban J connectivity index is 1.23. The van der Waals surface area contributed by atoms with Crippen molar-refractivity contribution < 1.29 is 19.5 Å². The van der Waals surface area contributed by atoms with Gasteiger partial charge in [-0.2, -0.15) is 0 Å². The number of anilines is 1. The molecular weight excluding hydrogens is 444 g/mol. The Morgan fingerprint density at radius 1 is 0.943 bits per heavy atom. The molecule has 1 saturated carbocycles. The van der Waals surface area contributed by atoms with Crippen LogP contribution in [-0.2, 0) is 9.59 Å². The van der Waals surface area contributed by atoms with Crippen molar-refractivity contribution in [2.75, 3.05) is 31.1 Å². The van der Waals surface area contributed by atoms with Crippen LogP contribution < -0.4 is 15.1 Å². The van der Waals surface area contributed by atoms with Gasteiger partial charge < -0.3 is 14.5 Å². The number of aromatic nitrogens is 1. The molecule has 2 amide bonds. The molecule has 2 aliphatic rings. The van der Waals surface area contributed by atoms with Gasteiger partial charge in [-0.15, -0.1) is 0 Å². The van der Waals surface area contributed by atoms with E-state index in [1.54, 1.807) is 11.7 Å². The molecule has 2 fully saturated rings. The Morgan fingerprint density at radius 2 is 1.74 bits per heavy atom. The zero-order chi connectivity index (χ0) is 24.2. The van der Waals surface area contributed by atoms with Gasteiger partial charge in [-0.25, -0.2) is 5.48 Å². The van der Waals surface area contributed by atoms with Crippen molar-refractivity contribution in [3.63, 3.8) is 0 Å². The molecule has 3 atom stereocenters. The molecule has 2 heterocycles. The minimum atomic E-state index is -0.642. The highest BCUT2D eigenvalue weighted by Gasteiger charge is 2.42. The van der Waals surface area contributed by atoms with Crippen LogP contribution in [-0.4, -0.2) is 59.2 Å². The maximum absolute atomic E-state index is 13.4. The molecule has 0 radical (unpaired) electrons. The molecule has 2 unspecified atom stereocenters. The number of nitrogens with one attached hydrogen (secondary N) is 1. The molecule has 3 aromatic rings. The Kier molecular flexibility index (Phi) is 6.81. The molecule has 8 heteroatoms. The predicted molar refractivity (Wildman–Crippen MR) is 132 cm³/mol. The summed E-state index contributed by atoms with van der Waals surface area (Å²) >= 11 is 0. The van der Waals surface area contributed by atoms with Crippen LogP contribution in [0.3, 0.4) is 0 Å². The predicted octanol–water partition coefficient (Wildman–Crippen LogP) is 3.25. The first-order valence-corrected chi connectivity index (χ1v) is 12.2. The van der Waals surface area contributed by atoms with E-state index >= 15 is 0 Å². The van der Waals surface area contributed by atoms with Crippen LogP contribution in [0.1, 0.15) is 19.3 Å². The Bertz CT molecular complexity index is 1180. The van der Waals surface area contributed by atoms with Gasteiger partial charge >= 0.3 is 0 Å². The van der Waals surface area contributed by atoms with Gasteiger partial charge in [0, 0.05) is 49.5 Å². The van der Waals surface area contributed by atoms with E-state index in [1.165, 1.54) is 0 Å². The number of benzene rings is 2. The number of para-hydroxylation sites is 1. The van der Waals surface area contributed by atoms with Gasteiger partial charge in [0.05, 0.1) is 23.5 Å². The first-order valence-electron chi connectivity index (χ1n) is 12.2. The van der Waals surface area contributed by atoms with E-state index in [2.05, 4.69) is 22.0 Å². The van der Waals surface area contributed by atoms with Crippen molar-refractivity contribution in [1.29, 1.82) is 0 Å². The van der Waals surface area contributed by atoms with Gasteiger partial charge in [0.15, 0.2) is 0 Å². The summed E-state index contributed by atoms with van der Waals surface area (Å²) in [6, 6.07) is 19.8. The molecule has 2 N–H and O–H groups in total. The van der Waals surface area contributed by atoms with Crippen LogP contribution in [0, 0.1) is 11.8 Å². The van der Waals surface area contributed by atoms with E-state index < -0.39 is 17.7 Å². The van der Waals surface area contributed by atoms with Crippen LogP contribution in [0.25, 0.3) is 10.9 Å². The van der Waals surface area contributed by atoms with Gasteiger partial charge in [0.2, 0.25) is 11.8 Å². The van der Waals surface area contributed by atoms with Crippen LogP contribution in [0.2, 0.25) is 0 Å². The fraction of sp³-hybridized carbons (Fsp3) is 0.370. The number of pyridine rings is 1. The fourth-order valence-electron chi connectivity index (χ4n) is 5.28. The van der Waals surface area contributed by atoms with Crippen LogP contribution in [0.15, 0.2) is 66.9 Å². The number of rotatable bonds is 5. The number of hydrogen-bond acceptors (Lipinski definition) is 6. The summed E-state index contributed by atoms with van der Waals surface area (Å²) in [5, 5.41) is 10.4. The van der Waals surface area contributed by atoms with E-state index in [4.69, 9.17) is 4.74 Å². The second kappa shape index (κ2) is 10.3. The monoisotopic (exact) mass is 474 g/mol. The maximum atomic E-state index is 13.4. The molecule has 182 valence electrons. The molecule has 1 aliphatic heterocycles. The summed E-state index contributed by atoms with van der Waals surface area (Å²) in [5.74, 6) is -0.967. The highest BCUT2D eigenvalue weighted by atomic mass is 16.5. The molecule has 8 nitrogen and oxygen atoms in total. The van der Waals surface area contributed by atoms with Crippen LogP contribution >= 0.6 is 0 Å². The number of carbonyl (C=O) groups excluding carboxylic acids is 2. The maximum Gasteiger partial charge on any atom is 0.247 e. The fourth-order valence-corrected chi connectivity index (χ4v) is 5.28. The first-order chi connectivity index (χ1) is 17.1. The van der Waals surface area contributed by atoms with E-state index in [-0.39, 0.29) is 12.0 Å². The van der Waals surface area contributed by atoms with Crippen molar-refractivity contribution >= 4 is 28.4 Å². The normalized spacial score (nSPS) is 22.6. The largest absolute Gasteiger partial charge is 0.490 e. The standard InChI is InChI=1S/C27H30N4O4/c32-26(29-34)24-17-21(35-22-9-8-19-5-4-12-28-25(19)18-22)10-11-23(24)27(33)31-15-13-30(14-16-31)20-6-2-1-3-7-20/h1-9,12,18,21,23-24,34H,10-11,13-17H2,(H,29,32)/t21?,23?,24-/m0/s1. The molecule has 35 heavy (non-hydrogen) atoms. The second-order valence-electron chi connectivity index (χ2n) is 9.25. The Hall–Kier alpha value is -3.65. The zero-order valence-electron chi connectivity index (χ0n) is 19.5. The van der Waals surface area contributed by atoms with Crippen LogP contribution in [0.4, 0.5) is 5.69 Å². The number of hydrogen-bond donors (Lipinski definition) is 2. The van der Waals surface area contributed by atoms with E-state index in [9.17, 15) is 14.8 Å². The average Bonchev–Trinajstić information content (AvgIpc) is 2.92. The zero-order valence-corrected chi connectivity index (χ0v) is 19.5. The number of carbonyl (C=O) groups is 2. The summed E-state index contributed by atoms with van der Waals surface area (Å²) in [4.78, 5) is 34.5. The molecule has 0 spiro atoms. The summed E-state index contributed by atoms with van der Waals surface area (Å²) in [6.45, 7) is 2.73. The van der Waals surface area contributed by atoms with E-state index in [0.29, 0.717) is 38.1 Å². The molecule has 5 rings (SSSR count). The van der Waals surface area contributed by atoms with Gasteiger partial charge in [-0.05, 0) is 49.6 Å². The second-order valence-corrected chi connectivity index (χ2v) is 9.25. The van der Waals surface area contributed by atoms with Crippen molar-refractivity contribution in [3.8, 4) is 5.75 Å². The lowest BCUT2D eigenvalue weighted by molar-refractivity contribution is -0.148. The molecule has 2 aromatic carbocycles. The average molecular weight is 475 g/mol. The lowest BCUT2D eigenvalue weighted by atomic mass is 9.76. The summed E-state index contributed by atoms with van der Waals surface area (Å²) in [7, 11) is 0. The third-order valence-electron chi connectivity index (χ3n) is 7.16.